The van der Waals surface area contributed by atoms with E-state index in [1.54, 1.807) is 4.90 Å². The van der Waals surface area contributed by atoms with Crippen LogP contribution in [-0.4, -0.2) is 54.6 Å². The highest BCUT2D eigenvalue weighted by molar-refractivity contribution is 5.96. The van der Waals surface area contributed by atoms with Gasteiger partial charge >= 0.3 is 6.09 Å². The third-order valence-electron chi connectivity index (χ3n) is 5.92. The summed E-state index contributed by atoms with van der Waals surface area (Å²) in [4.78, 5) is 40.5. The molecule has 1 aromatic carbocycles. The third kappa shape index (κ3) is 6.12. The Hall–Kier alpha value is -2.77. The SMILES string of the molecule is CC(C)(C)OC(=O)N1CCC(C(=O)Nc2ccccc2N2CCC(C(N)=O)CC2)CC1. The Bertz CT molecular complexity index is 804. The Morgan fingerprint density at radius 3 is 2.13 bits per heavy atom. The molecule has 0 atom stereocenters. The van der Waals surface area contributed by atoms with E-state index in [9.17, 15) is 14.4 Å². The van der Waals surface area contributed by atoms with Crippen LogP contribution in [0.5, 0.6) is 0 Å². The molecule has 2 saturated heterocycles. The molecule has 0 spiro atoms. The van der Waals surface area contributed by atoms with E-state index in [0.29, 0.717) is 25.9 Å². The molecule has 2 aliphatic heterocycles. The van der Waals surface area contributed by atoms with Crippen LogP contribution in [0.2, 0.25) is 0 Å². The second kappa shape index (κ2) is 9.58. The number of ether oxygens (including phenoxy) is 1. The number of para-hydroxylation sites is 2. The maximum absolute atomic E-state index is 12.9. The fraction of sp³-hybridized carbons (Fsp3) is 0.609. The summed E-state index contributed by atoms with van der Waals surface area (Å²) in [5.74, 6) is -0.484. The molecule has 3 amide bonds. The van der Waals surface area contributed by atoms with Gasteiger partial charge in [0.15, 0.2) is 0 Å². The number of nitrogens with zero attached hydrogens (tertiary/aromatic N) is 2. The number of piperidine rings is 2. The molecule has 3 N–H and O–H groups in total. The van der Waals surface area contributed by atoms with E-state index >= 15 is 0 Å². The highest BCUT2D eigenvalue weighted by Gasteiger charge is 2.31. The number of amides is 3. The number of likely N-dealkylation sites (tertiary alicyclic amines) is 1. The van der Waals surface area contributed by atoms with Crippen LogP contribution >= 0.6 is 0 Å². The van der Waals surface area contributed by atoms with Gasteiger partial charge in [0, 0.05) is 38.0 Å². The van der Waals surface area contributed by atoms with E-state index in [2.05, 4.69) is 10.2 Å². The van der Waals surface area contributed by atoms with E-state index in [1.807, 2.05) is 45.0 Å². The fourth-order valence-electron chi connectivity index (χ4n) is 4.15. The molecule has 0 bridgehead atoms. The number of rotatable bonds is 4. The van der Waals surface area contributed by atoms with Gasteiger partial charge in [0.05, 0.1) is 11.4 Å². The highest BCUT2D eigenvalue weighted by Crippen LogP contribution is 2.31. The molecule has 2 heterocycles. The molecule has 1 aromatic rings. The van der Waals surface area contributed by atoms with Crippen LogP contribution in [0, 0.1) is 11.8 Å². The van der Waals surface area contributed by atoms with Gasteiger partial charge in [-0.25, -0.2) is 4.79 Å². The lowest BCUT2D eigenvalue weighted by Gasteiger charge is -2.34. The summed E-state index contributed by atoms with van der Waals surface area (Å²) in [6, 6.07) is 7.75. The number of nitrogens with one attached hydrogen (secondary N) is 1. The van der Waals surface area contributed by atoms with Gasteiger partial charge < -0.3 is 25.6 Å². The quantitative estimate of drug-likeness (QED) is 0.764. The molecule has 0 unspecified atom stereocenters. The number of hydrogen-bond donors (Lipinski definition) is 2. The zero-order chi connectivity index (χ0) is 22.6. The lowest BCUT2D eigenvalue weighted by Crippen LogP contribution is -2.43. The van der Waals surface area contributed by atoms with Crippen molar-refractivity contribution in [3.05, 3.63) is 24.3 Å². The van der Waals surface area contributed by atoms with E-state index in [4.69, 9.17) is 10.5 Å². The number of benzene rings is 1. The van der Waals surface area contributed by atoms with Crippen molar-refractivity contribution < 1.29 is 19.1 Å². The molecular formula is C23H34N4O4. The average molecular weight is 431 g/mol. The van der Waals surface area contributed by atoms with Gasteiger partial charge in [-0.3, -0.25) is 9.59 Å². The van der Waals surface area contributed by atoms with E-state index in [0.717, 1.165) is 37.3 Å². The molecule has 3 rings (SSSR count). The molecule has 8 nitrogen and oxygen atoms in total. The lowest BCUT2D eigenvalue weighted by atomic mass is 9.95. The van der Waals surface area contributed by atoms with Crippen LogP contribution in [0.3, 0.4) is 0 Å². The van der Waals surface area contributed by atoms with Crippen molar-refractivity contribution in [2.75, 3.05) is 36.4 Å². The van der Waals surface area contributed by atoms with Crippen molar-refractivity contribution >= 4 is 29.3 Å². The Balaban J connectivity index is 1.56. The zero-order valence-electron chi connectivity index (χ0n) is 18.7. The number of carbonyl (C=O) groups excluding carboxylic acids is 3. The van der Waals surface area contributed by atoms with Crippen LogP contribution in [0.25, 0.3) is 0 Å². The van der Waals surface area contributed by atoms with E-state index in [-0.39, 0.29) is 29.7 Å². The van der Waals surface area contributed by atoms with Gasteiger partial charge in [-0.2, -0.15) is 0 Å². The number of nitrogens with two attached hydrogens (primary N) is 1. The van der Waals surface area contributed by atoms with Crippen molar-refractivity contribution in [2.45, 2.75) is 52.1 Å². The summed E-state index contributed by atoms with van der Waals surface area (Å²) in [6.45, 7) is 8.02. The predicted octanol–water partition coefficient (Wildman–Crippen LogP) is 2.97. The summed E-state index contributed by atoms with van der Waals surface area (Å²) in [5.41, 5.74) is 6.65. The number of hydrogen-bond acceptors (Lipinski definition) is 5. The topological polar surface area (TPSA) is 105 Å². The molecule has 0 aliphatic carbocycles. The molecular weight excluding hydrogens is 396 g/mol. The molecule has 2 aliphatic rings. The first-order valence-electron chi connectivity index (χ1n) is 11.1. The van der Waals surface area contributed by atoms with Crippen molar-refractivity contribution in [3.8, 4) is 0 Å². The van der Waals surface area contributed by atoms with E-state index in [1.165, 1.54) is 0 Å². The Morgan fingerprint density at radius 1 is 0.968 bits per heavy atom. The zero-order valence-corrected chi connectivity index (χ0v) is 18.7. The monoisotopic (exact) mass is 430 g/mol. The first-order chi connectivity index (χ1) is 14.6. The average Bonchev–Trinajstić information content (AvgIpc) is 2.73. The van der Waals surface area contributed by atoms with E-state index < -0.39 is 5.60 Å². The Labute approximate surface area is 184 Å². The number of carbonyl (C=O) groups is 3. The first kappa shape index (κ1) is 22.9. The van der Waals surface area contributed by atoms with Gasteiger partial charge in [0.1, 0.15) is 5.60 Å². The highest BCUT2D eigenvalue weighted by atomic mass is 16.6. The summed E-state index contributed by atoms with van der Waals surface area (Å²) < 4.78 is 5.43. The van der Waals surface area contributed by atoms with Crippen molar-refractivity contribution in [3.63, 3.8) is 0 Å². The fourth-order valence-corrected chi connectivity index (χ4v) is 4.15. The minimum atomic E-state index is -0.527. The van der Waals surface area contributed by atoms with Gasteiger partial charge in [0.25, 0.3) is 0 Å². The van der Waals surface area contributed by atoms with Gasteiger partial charge in [-0.1, -0.05) is 12.1 Å². The van der Waals surface area contributed by atoms with Crippen molar-refractivity contribution in [2.24, 2.45) is 17.6 Å². The molecule has 0 aromatic heterocycles. The smallest absolute Gasteiger partial charge is 0.410 e. The van der Waals surface area contributed by atoms with Crippen LogP contribution in [0.15, 0.2) is 24.3 Å². The second-order valence-electron chi connectivity index (χ2n) is 9.41. The molecule has 170 valence electrons. The summed E-state index contributed by atoms with van der Waals surface area (Å²) in [6.07, 6.45) is 2.34. The summed E-state index contributed by atoms with van der Waals surface area (Å²) >= 11 is 0. The number of primary amides is 1. The molecule has 0 saturated carbocycles. The Morgan fingerprint density at radius 2 is 1.55 bits per heavy atom. The molecule has 2 fully saturated rings. The maximum atomic E-state index is 12.9. The third-order valence-corrected chi connectivity index (χ3v) is 5.92. The van der Waals surface area contributed by atoms with Crippen molar-refractivity contribution in [1.82, 2.24) is 4.90 Å². The summed E-state index contributed by atoms with van der Waals surface area (Å²) in [5, 5.41) is 3.09. The minimum absolute atomic E-state index is 0.0247. The normalized spacial score (nSPS) is 18.5. The van der Waals surface area contributed by atoms with Crippen LogP contribution < -0.4 is 16.0 Å². The van der Waals surface area contributed by atoms with Crippen molar-refractivity contribution in [1.29, 1.82) is 0 Å². The van der Waals surface area contributed by atoms with Gasteiger partial charge in [-0.05, 0) is 58.6 Å². The molecule has 31 heavy (non-hydrogen) atoms. The summed E-state index contributed by atoms with van der Waals surface area (Å²) in [7, 11) is 0. The maximum Gasteiger partial charge on any atom is 0.410 e. The lowest BCUT2D eigenvalue weighted by molar-refractivity contribution is -0.122. The van der Waals surface area contributed by atoms with Gasteiger partial charge in [0.2, 0.25) is 11.8 Å². The molecule has 0 radical (unpaired) electrons. The largest absolute Gasteiger partial charge is 0.444 e. The standard InChI is InChI=1S/C23H34N4O4/c1-23(2,3)31-22(30)27-14-10-17(11-15-27)21(29)25-18-6-4-5-7-19(18)26-12-8-16(9-13-26)20(24)28/h4-7,16-17H,8-15H2,1-3H3,(H2,24,28)(H,25,29). The molecule has 8 heteroatoms. The Kier molecular flexibility index (Phi) is 7.08. The first-order valence-corrected chi connectivity index (χ1v) is 11.1. The number of anilines is 2. The van der Waals surface area contributed by atoms with Gasteiger partial charge in [-0.15, -0.1) is 0 Å². The van der Waals surface area contributed by atoms with Crippen LogP contribution in [0.4, 0.5) is 16.2 Å². The minimum Gasteiger partial charge on any atom is -0.444 e. The predicted molar refractivity (Wildman–Crippen MR) is 120 cm³/mol. The van der Waals surface area contributed by atoms with Crippen LogP contribution in [-0.2, 0) is 14.3 Å². The second-order valence-corrected chi connectivity index (χ2v) is 9.41. The van der Waals surface area contributed by atoms with Crippen LogP contribution in [0.1, 0.15) is 46.5 Å².